The second-order valence-corrected chi connectivity index (χ2v) is 8.12. The van der Waals surface area contributed by atoms with Crippen LogP contribution >= 0.6 is 11.8 Å². The summed E-state index contributed by atoms with van der Waals surface area (Å²) in [6.45, 7) is 0. The Balaban J connectivity index is 1.57. The zero-order valence-corrected chi connectivity index (χ0v) is 11.1. The molecule has 6 unspecified atom stereocenters. The number of rotatable bonds is 0. The smallest absolute Gasteiger partial charge is 0.0112 e. The van der Waals surface area contributed by atoms with Crippen molar-refractivity contribution in [3.8, 4) is 0 Å². The van der Waals surface area contributed by atoms with Gasteiger partial charge in [0.2, 0.25) is 0 Å². The molecule has 0 radical (unpaired) electrons. The van der Waals surface area contributed by atoms with E-state index in [0.717, 1.165) is 34.2 Å². The normalized spacial score (nSPS) is 55.5. The summed E-state index contributed by atoms with van der Waals surface area (Å²) in [4.78, 5) is 0. The van der Waals surface area contributed by atoms with Gasteiger partial charge in [0.15, 0.2) is 0 Å². The molecule has 0 aromatic rings. The minimum atomic E-state index is 1.09. The molecule has 4 rings (SSSR count). The van der Waals surface area contributed by atoms with Crippen molar-refractivity contribution in [3.05, 3.63) is 0 Å². The van der Waals surface area contributed by atoms with Crippen molar-refractivity contribution < 1.29 is 0 Å². The van der Waals surface area contributed by atoms with Crippen LogP contribution in [0.25, 0.3) is 0 Å². The van der Waals surface area contributed by atoms with E-state index in [4.69, 9.17) is 0 Å². The summed E-state index contributed by atoms with van der Waals surface area (Å²) < 4.78 is 0. The molecule has 1 heteroatoms. The first-order chi connectivity index (χ1) is 7.93. The lowest BCUT2D eigenvalue weighted by atomic mass is 9.78. The number of thioether (sulfide) groups is 1. The van der Waals surface area contributed by atoms with Gasteiger partial charge in [-0.25, -0.2) is 0 Å². The van der Waals surface area contributed by atoms with E-state index in [1.807, 2.05) is 0 Å². The summed E-state index contributed by atoms with van der Waals surface area (Å²) in [5.74, 6) is 4.60. The first-order valence-corrected chi connectivity index (χ1v) is 8.53. The third kappa shape index (κ3) is 1.43. The zero-order valence-electron chi connectivity index (χ0n) is 10.2. The Morgan fingerprint density at radius 2 is 1.44 bits per heavy atom. The van der Waals surface area contributed by atoms with E-state index < -0.39 is 0 Å². The van der Waals surface area contributed by atoms with Crippen molar-refractivity contribution in [1.82, 2.24) is 0 Å². The fraction of sp³-hybridized carbons (Fsp3) is 1.00. The van der Waals surface area contributed by atoms with E-state index in [2.05, 4.69) is 11.8 Å². The fourth-order valence-corrected chi connectivity index (χ4v) is 7.69. The Bertz CT molecular complexity index is 247. The fourth-order valence-electron chi connectivity index (χ4n) is 5.37. The average Bonchev–Trinajstić information content (AvgIpc) is 2.85. The Hall–Kier alpha value is 0.350. The molecule has 1 heterocycles. The van der Waals surface area contributed by atoms with Gasteiger partial charge in [-0.15, -0.1) is 0 Å². The molecule has 1 saturated heterocycles. The second-order valence-electron chi connectivity index (χ2n) is 6.70. The van der Waals surface area contributed by atoms with Crippen molar-refractivity contribution in [2.45, 2.75) is 68.3 Å². The maximum Gasteiger partial charge on any atom is 0.0112 e. The predicted octanol–water partition coefficient (Wildman–Crippen LogP) is 4.49. The molecule has 0 nitrogen and oxygen atoms in total. The second kappa shape index (κ2) is 3.93. The lowest BCUT2D eigenvalue weighted by Gasteiger charge is -2.30. The molecule has 0 amide bonds. The highest BCUT2D eigenvalue weighted by atomic mass is 32.2. The van der Waals surface area contributed by atoms with Gasteiger partial charge in [0.05, 0.1) is 0 Å². The van der Waals surface area contributed by atoms with Crippen LogP contribution in [0.3, 0.4) is 0 Å². The molecule has 90 valence electrons. The van der Waals surface area contributed by atoms with Gasteiger partial charge >= 0.3 is 0 Å². The molecule has 0 aromatic carbocycles. The minimum Gasteiger partial charge on any atom is -0.154 e. The van der Waals surface area contributed by atoms with E-state index >= 15 is 0 Å². The molecule has 4 aliphatic rings. The SMILES string of the molecule is C1CCC2C(C1)CC1C3CCCCC3SC21. The largest absolute Gasteiger partial charge is 0.154 e. The first kappa shape index (κ1) is 10.3. The van der Waals surface area contributed by atoms with E-state index in [-0.39, 0.29) is 0 Å². The molecule has 3 aliphatic carbocycles. The van der Waals surface area contributed by atoms with Crippen molar-refractivity contribution in [2.24, 2.45) is 23.7 Å². The Morgan fingerprint density at radius 3 is 2.38 bits per heavy atom. The van der Waals surface area contributed by atoms with E-state index in [9.17, 15) is 0 Å². The van der Waals surface area contributed by atoms with Crippen LogP contribution in [0.2, 0.25) is 0 Å². The monoisotopic (exact) mass is 236 g/mol. The molecule has 0 aromatic heterocycles. The Morgan fingerprint density at radius 1 is 0.688 bits per heavy atom. The standard InChI is InChI=1S/C15H24S/c1-2-6-11-10(5-1)9-13-12-7-3-4-8-14(12)16-15(11)13/h10-15H,1-9H2. The Kier molecular flexibility index (Phi) is 2.53. The molecule has 0 N–H and O–H groups in total. The summed E-state index contributed by atoms with van der Waals surface area (Å²) >= 11 is 2.45. The van der Waals surface area contributed by atoms with Crippen LogP contribution in [0.4, 0.5) is 0 Å². The molecule has 16 heavy (non-hydrogen) atoms. The molecular formula is C15H24S. The summed E-state index contributed by atoms with van der Waals surface area (Å²) in [5, 5.41) is 2.20. The summed E-state index contributed by atoms with van der Waals surface area (Å²) in [5.41, 5.74) is 0. The Labute approximate surface area is 104 Å². The van der Waals surface area contributed by atoms with Gasteiger partial charge in [0.1, 0.15) is 0 Å². The van der Waals surface area contributed by atoms with Crippen molar-refractivity contribution in [3.63, 3.8) is 0 Å². The maximum atomic E-state index is 2.45. The van der Waals surface area contributed by atoms with Crippen LogP contribution in [0, 0.1) is 23.7 Å². The number of fused-ring (bicyclic) bond motifs is 5. The highest BCUT2D eigenvalue weighted by Crippen LogP contribution is 2.61. The summed E-state index contributed by atoms with van der Waals surface area (Å²) in [7, 11) is 0. The van der Waals surface area contributed by atoms with Crippen LogP contribution in [-0.2, 0) is 0 Å². The lowest BCUT2D eigenvalue weighted by molar-refractivity contribution is 0.266. The van der Waals surface area contributed by atoms with Crippen molar-refractivity contribution in [1.29, 1.82) is 0 Å². The molecule has 6 atom stereocenters. The molecular weight excluding hydrogens is 212 g/mol. The molecule has 0 spiro atoms. The quantitative estimate of drug-likeness (QED) is 0.597. The molecule has 1 aliphatic heterocycles. The predicted molar refractivity (Wildman–Crippen MR) is 70.7 cm³/mol. The third-order valence-corrected chi connectivity index (χ3v) is 7.97. The van der Waals surface area contributed by atoms with Gasteiger partial charge in [-0.2, -0.15) is 11.8 Å². The first-order valence-electron chi connectivity index (χ1n) is 7.59. The van der Waals surface area contributed by atoms with Gasteiger partial charge in [0, 0.05) is 10.5 Å². The summed E-state index contributed by atoms with van der Waals surface area (Å²) in [6, 6.07) is 0. The molecule has 4 fully saturated rings. The summed E-state index contributed by atoms with van der Waals surface area (Å²) in [6.07, 6.45) is 14.1. The van der Waals surface area contributed by atoms with E-state index in [1.165, 1.54) is 6.42 Å². The van der Waals surface area contributed by atoms with Crippen LogP contribution < -0.4 is 0 Å². The average molecular weight is 236 g/mol. The topological polar surface area (TPSA) is 0 Å². The van der Waals surface area contributed by atoms with Crippen molar-refractivity contribution >= 4 is 11.8 Å². The van der Waals surface area contributed by atoms with Gasteiger partial charge in [-0.05, 0) is 49.4 Å². The third-order valence-electron chi connectivity index (χ3n) is 6.02. The van der Waals surface area contributed by atoms with Gasteiger partial charge in [0.25, 0.3) is 0 Å². The maximum absolute atomic E-state index is 2.45. The van der Waals surface area contributed by atoms with Gasteiger partial charge in [-0.1, -0.05) is 32.1 Å². The minimum absolute atomic E-state index is 1.09. The van der Waals surface area contributed by atoms with Gasteiger partial charge < -0.3 is 0 Å². The number of hydrogen-bond donors (Lipinski definition) is 0. The molecule has 3 saturated carbocycles. The zero-order chi connectivity index (χ0) is 10.5. The van der Waals surface area contributed by atoms with Crippen LogP contribution in [0.15, 0.2) is 0 Å². The highest BCUT2D eigenvalue weighted by molar-refractivity contribution is 8.00. The van der Waals surface area contributed by atoms with Gasteiger partial charge in [-0.3, -0.25) is 0 Å². The highest BCUT2D eigenvalue weighted by Gasteiger charge is 2.54. The number of hydrogen-bond acceptors (Lipinski definition) is 1. The molecule has 0 bridgehead atoms. The van der Waals surface area contributed by atoms with Crippen LogP contribution in [0.5, 0.6) is 0 Å². The van der Waals surface area contributed by atoms with E-state index in [0.29, 0.717) is 0 Å². The van der Waals surface area contributed by atoms with Crippen LogP contribution in [0.1, 0.15) is 57.8 Å². The van der Waals surface area contributed by atoms with Crippen molar-refractivity contribution in [2.75, 3.05) is 0 Å². The van der Waals surface area contributed by atoms with E-state index in [1.54, 1.807) is 51.4 Å². The van der Waals surface area contributed by atoms with Crippen LogP contribution in [-0.4, -0.2) is 10.5 Å². The lowest BCUT2D eigenvalue weighted by Crippen LogP contribution is -2.23.